The van der Waals surface area contributed by atoms with Gasteiger partial charge in [0.1, 0.15) is 17.3 Å². The van der Waals surface area contributed by atoms with Crippen molar-refractivity contribution in [3.8, 4) is 11.1 Å². The molecular formula is C19H19FN6O. The molecule has 0 bridgehead atoms. The number of hydrogen-bond donors (Lipinski definition) is 2. The number of benzene rings is 1. The molecule has 0 atom stereocenters. The Morgan fingerprint density at radius 1 is 1.22 bits per heavy atom. The molecule has 4 rings (SSSR count). The van der Waals surface area contributed by atoms with E-state index in [0.29, 0.717) is 5.82 Å². The van der Waals surface area contributed by atoms with Crippen molar-refractivity contribution in [2.75, 3.05) is 18.0 Å². The van der Waals surface area contributed by atoms with Crippen LogP contribution in [0.15, 0.2) is 42.9 Å². The molecule has 8 heteroatoms. The van der Waals surface area contributed by atoms with E-state index in [0.717, 1.165) is 42.8 Å². The molecule has 0 aliphatic carbocycles. The lowest BCUT2D eigenvalue weighted by Crippen LogP contribution is -2.34. The van der Waals surface area contributed by atoms with Gasteiger partial charge in [0.25, 0.3) is 5.91 Å². The fourth-order valence-corrected chi connectivity index (χ4v) is 3.52. The van der Waals surface area contributed by atoms with Gasteiger partial charge in [0.05, 0.1) is 18.6 Å². The number of carbonyl (C=O) groups is 1. The highest BCUT2D eigenvalue weighted by molar-refractivity contribution is 5.90. The van der Waals surface area contributed by atoms with Crippen LogP contribution < -0.4 is 10.6 Å². The maximum atomic E-state index is 13.6. The van der Waals surface area contributed by atoms with E-state index in [1.54, 1.807) is 18.5 Å². The van der Waals surface area contributed by atoms with E-state index in [1.807, 2.05) is 6.07 Å². The summed E-state index contributed by atoms with van der Waals surface area (Å²) in [4.78, 5) is 21.7. The van der Waals surface area contributed by atoms with Gasteiger partial charge in [-0.3, -0.25) is 14.9 Å². The number of nitrogens with one attached hydrogen (secondary N) is 1. The average Bonchev–Trinajstić information content (AvgIpc) is 3.18. The number of aromatic nitrogens is 4. The average molecular weight is 366 g/mol. The van der Waals surface area contributed by atoms with Crippen LogP contribution in [-0.2, 0) is 0 Å². The minimum absolute atomic E-state index is 0.164. The van der Waals surface area contributed by atoms with Gasteiger partial charge in [-0.1, -0.05) is 12.1 Å². The van der Waals surface area contributed by atoms with Crippen LogP contribution >= 0.6 is 0 Å². The highest BCUT2D eigenvalue weighted by atomic mass is 19.1. The number of halogens is 1. The molecule has 7 nitrogen and oxygen atoms in total. The number of aromatic amines is 1. The van der Waals surface area contributed by atoms with E-state index in [2.05, 4.69) is 25.1 Å². The van der Waals surface area contributed by atoms with Gasteiger partial charge in [0.15, 0.2) is 0 Å². The molecular weight excluding hydrogens is 347 g/mol. The minimum Gasteiger partial charge on any atom is -0.364 e. The zero-order chi connectivity index (χ0) is 18.8. The minimum atomic E-state index is -0.587. The number of piperidine rings is 1. The van der Waals surface area contributed by atoms with Crippen molar-refractivity contribution in [2.45, 2.75) is 18.8 Å². The van der Waals surface area contributed by atoms with Crippen LogP contribution in [0.1, 0.15) is 34.9 Å². The van der Waals surface area contributed by atoms with Gasteiger partial charge >= 0.3 is 0 Å². The Hall–Kier alpha value is -3.29. The lowest BCUT2D eigenvalue weighted by atomic mass is 9.89. The number of H-pyrrole nitrogens is 1. The number of nitrogens with two attached hydrogens (primary N) is 1. The third-order valence-corrected chi connectivity index (χ3v) is 4.91. The van der Waals surface area contributed by atoms with Crippen LogP contribution in [0.5, 0.6) is 0 Å². The standard InChI is InChI=1S/C19H19FN6O/c20-14-3-1-2-13(8-14)15-9-23-25-18(15)12-4-6-26(7-5-12)17-11-22-10-16(24-17)19(21)27/h1-3,8-12H,4-7H2,(H2,21,27)(H,23,25). The van der Waals surface area contributed by atoms with Gasteiger partial charge in [-0.2, -0.15) is 5.10 Å². The second kappa shape index (κ2) is 7.14. The van der Waals surface area contributed by atoms with Gasteiger partial charge in [-0.25, -0.2) is 9.37 Å². The fraction of sp³-hybridized carbons (Fsp3) is 0.263. The number of nitrogens with zero attached hydrogens (tertiary/aromatic N) is 4. The van der Waals surface area contributed by atoms with E-state index in [9.17, 15) is 9.18 Å². The van der Waals surface area contributed by atoms with Crippen molar-refractivity contribution in [3.05, 3.63) is 60.1 Å². The molecule has 1 fully saturated rings. The Morgan fingerprint density at radius 2 is 2.04 bits per heavy atom. The lowest BCUT2D eigenvalue weighted by Gasteiger charge is -2.32. The van der Waals surface area contributed by atoms with Crippen molar-refractivity contribution in [1.29, 1.82) is 0 Å². The van der Waals surface area contributed by atoms with E-state index >= 15 is 0 Å². The first-order valence-electron chi connectivity index (χ1n) is 8.78. The van der Waals surface area contributed by atoms with Crippen LogP contribution in [0.4, 0.5) is 10.2 Å². The first-order valence-corrected chi connectivity index (χ1v) is 8.78. The molecule has 0 saturated carbocycles. The third-order valence-electron chi connectivity index (χ3n) is 4.91. The Kier molecular flexibility index (Phi) is 4.53. The van der Waals surface area contributed by atoms with Crippen molar-refractivity contribution >= 4 is 11.7 Å². The second-order valence-electron chi connectivity index (χ2n) is 6.60. The lowest BCUT2D eigenvalue weighted by molar-refractivity contribution is 0.0995. The summed E-state index contributed by atoms with van der Waals surface area (Å²) in [6.45, 7) is 1.53. The van der Waals surface area contributed by atoms with Crippen molar-refractivity contribution in [3.63, 3.8) is 0 Å². The molecule has 3 aromatic rings. The SMILES string of the molecule is NC(=O)c1cncc(N2CCC(c3[nH]ncc3-c3cccc(F)c3)CC2)n1. The third kappa shape index (κ3) is 3.51. The normalized spacial score (nSPS) is 15.1. The Morgan fingerprint density at radius 3 is 2.78 bits per heavy atom. The summed E-state index contributed by atoms with van der Waals surface area (Å²) in [6, 6.07) is 6.54. The monoisotopic (exact) mass is 366 g/mol. The van der Waals surface area contributed by atoms with Crippen molar-refractivity contribution < 1.29 is 9.18 Å². The molecule has 1 saturated heterocycles. The first-order chi connectivity index (χ1) is 13.1. The maximum Gasteiger partial charge on any atom is 0.268 e. The number of rotatable bonds is 4. The summed E-state index contributed by atoms with van der Waals surface area (Å²) in [6.07, 6.45) is 6.52. The highest BCUT2D eigenvalue weighted by Gasteiger charge is 2.25. The number of carbonyl (C=O) groups excluding carboxylic acids is 1. The van der Waals surface area contributed by atoms with E-state index in [1.165, 1.54) is 18.3 Å². The van der Waals surface area contributed by atoms with Gasteiger partial charge in [0, 0.05) is 30.3 Å². The molecule has 2 aromatic heterocycles. The largest absolute Gasteiger partial charge is 0.364 e. The quantitative estimate of drug-likeness (QED) is 0.739. The summed E-state index contributed by atoms with van der Waals surface area (Å²) in [5.41, 5.74) is 8.23. The van der Waals surface area contributed by atoms with Crippen LogP contribution in [0, 0.1) is 5.82 Å². The first kappa shape index (κ1) is 17.1. The molecule has 1 amide bonds. The van der Waals surface area contributed by atoms with Gasteiger partial charge < -0.3 is 10.6 Å². The molecule has 3 N–H and O–H groups in total. The predicted octanol–water partition coefficient (Wildman–Crippen LogP) is 2.49. The maximum absolute atomic E-state index is 13.6. The molecule has 138 valence electrons. The molecule has 3 heterocycles. The predicted molar refractivity (Wildman–Crippen MR) is 98.7 cm³/mol. The summed E-state index contributed by atoms with van der Waals surface area (Å²) >= 11 is 0. The Labute approximate surface area is 155 Å². The van der Waals surface area contributed by atoms with Gasteiger partial charge in [-0.15, -0.1) is 0 Å². The smallest absolute Gasteiger partial charge is 0.268 e. The molecule has 27 heavy (non-hydrogen) atoms. The van der Waals surface area contributed by atoms with Crippen LogP contribution in [0.2, 0.25) is 0 Å². The van der Waals surface area contributed by atoms with Gasteiger partial charge in [-0.05, 0) is 30.5 Å². The number of primary amides is 1. The second-order valence-corrected chi connectivity index (χ2v) is 6.60. The number of anilines is 1. The van der Waals surface area contributed by atoms with Crippen LogP contribution in [0.25, 0.3) is 11.1 Å². The molecule has 1 aliphatic heterocycles. The summed E-state index contributed by atoms with van der Waals surface area (Å²) in [7, 11) is 0. The summed E-state index contributed by atoms with van der Waals surface area (Å²) in [5, 5.41) is 7.27. The molecule has 1 aromatic carbocycles. The van der Waals surface area contributed by atoms with E-state index in [-0.39, 0.29) is 17.4 Å². The molecule has 0 radical (unpaired) electrons. The topological polar surface area (TPSA) is 101 Å². The van der Waals surface area contributed by atoms with E-state index in [4.69, 9.17) is 5.73 Å². The summed E-state index contributed by atoms with van der Waals surface area (Å²) in [5.74, 6) is 0.0906. The van der Waals surface area contributed by atoms with Crippen molar-refractivity contribution in [1.82, 2.24) is 20.2 Å². The van der Waals surface area contributed by atoms with Crippen molar-refractivity contribution in [2.24, 2.45) is 5.73 Å². The molecule has 0 unspecified atom stereocenters. The Bertz CT molecular complexity index is 964. The zero-order valence-electron chi connectivity index (χ0n) is 14.6. The van der Waals surface area contributed by atoms with Crippen LogP contribution in [0.3, 0.4) is 0 Å². The number of amides is 1. The Balaban J connectivity index is 1.50. The van der Waals surface area contributed by atoms with E-state index < -0.39 is 5.91 Å². The van der Waals surface area contributed by atoms with Crippen LogP contribution in [-0.4, -0.2) is 39.2 Å². The van der Waals surface area contributed by atoms with Gasteiger partial charge in [0.2, 0.25) is 0 Å². The summed E-state index contributed by atoms with van der Waals surface area (Å²) < 4.78 is 13.6. The zero-order valence-corrected chi connectivity index (χ0v) is 14.6. The fourth-order valence-electron chi connectivity index (χ4n) is 3.52. The highest BCUT2D eigenvalue weighted by Crippen LogP contribution is 2.34. The molecule has 1 aliphatic rings. The number of hydrogen-bond acceptors (Lipinski definition) is 5. The molecule has 0 spiro atoms.